The highest BCUT2D eigenvalue weighted by Crippen LogP contribution is 2.12. The second kappa shape index (κ2) is 6.00. The number of hydrogen-bond acceptors (Lipinski definition) is 4. The molecule has 3 N–H and O–H groups in total. The van der Waals surface area contributed by atoms with Crippen LogP contribution in [0.2, 0.25) is 0 Å². The maximum atomic E-state index is 12.3. The molecule has 0 aliphatic rings. The van der Waals surface area contributed by atoms with Crippen LogP contribution in [0.15, 0.2) is 12.3 Å². The number of carbonyl (C=O) groups is 1. The molecule has 0 bridgehead atoms. The molecule has 0 aliphatic carbocycles. The largest absolute Gasteiger partial charge is 0.348 e. The first kappa shape index (κ1) is 14.5. The maximum Gasteiger partial charge on any atom is 0.257 e. The summed E-state index contributed by atoms with van der Waals surface area (Å²) in [5.74, 6) is -0.165. The van der Waals surface area contributed by atoms with E-state index in [-0.39, 0.29) is 11.9 Å². The maximum absolute atomic E-state index is 12.3. The Balaban J connectivity index is 2.31. The van der Waals surface area contributed by atoms with Gasteiger partial charge in [0.1, 0.15) is 5.56 Å². The van der Waals surface area contributed by atoms with Gasteiger partial charge in [-0.25, -0.2) is 9.50 Å². The number of aromatic nitrogens is 3. The number of nitrogens with one attached hydrogen (secondary N) is 1. The van der Waals surface area contributed by atoms with E-state index in [0.717, 1.165) is 24.2 Å². The molecule has 6 heteroatoms. The van der Waals surface area contributed by atoms with Crippen LogP contribution in [0, 0.1) is 13.8 Å². The van der Waals surface area contributed by atoms with Crippen molar-refractivity contribution < 1.29 is 4.79 Å². The predicted octanol–water partition coefficient (Wildman–Crippen LogP) is 1.20. The Kier molecular flexibility index (Phi) is 4.34. The van der Waals surface area contributed by atoms with Gasteiger partial charge in [0.25, 0.3) is 5.91 Å². The van der Waals surface area contributed by atoms with E-state index in [1.54, 1.807) is 10.7 Å². The highest BCUT2D eigenvalue weighted by Gasteiger charge is 2.17. The molecule has 2 aromatic heterocycles. The number of aryl methyl sites for hydroxylation is 2. The van der Waals surface area contributed by atoms with Gasteiger partial charge in [-0.05, 0) is 26.3 Å². The van der Waals surface area contributed by atoms with Crippen LogP contribution in [0.25, 0.3) is 5.65 Å². The highest BCUT2D eigenvalue weighted by molar-refractivity contribution is 5.99. The summed E-state index contributed by atoms with van der Waals surface area (Å²) < 4.78 is 1.68. The summed E-state index contributed by atoms with van der Waals surface area (Å²) >= 11 is 0. The van der Waals surface area contributed by atoms with Crippen LogP contribution in [-0.4, -0.2) is 33.1 Å². The minimum Gasteiger partial charge on any atom is -0.348 e. The van der Waals surface area contributed by atoms with E-state index in [2.05, 4.69) is 22.3 Å². The lowest BCUT2D eigenvalue weighted by molar-refractivity contribution is 0.0937. The Hall–Kier alpha value is -1.95. The van der Waals surface area contributed by atoms with E-state index in [1.165, 1.54) is 0 Å². The Morgan fingerprint density at radius 1 is 1.50 bits per heavy atom. The van der Waals surface area contributed by atoms with Crippen molar-refractivity contribution in [2.24, 2.45) is 5.73 Å². The quantitative estimate of drug-likeness (QED) is 0.858. The molecular formula is C14H21N5O. The van der Waals surface area contributed by atoms with E-state index in [9.17, 15) is 4.79 Å². The van der Waals surface area contributed by atoms with Crippen molar-refractivity contribution in [3.05, 3.63) is 29.2 Å². The third kappa shape index (κ3) is 2.80. The minimum atomic E-state index is -0.165. The van der Waals surface area contributed by atoms with Gasteiger partial charge >= 0.3 is 0 Å². The van der Waals surface area contributed by atoms with E-state index >= 15 is 0 Å². The molecule has 1 unspecified atom stereocenters. The average molecular weight is 275 g/mol. The first-order valence-electron chi connectivity index (χ1n) is 6.89. The molecular weight excluding hydrogens is 254 g/mol. The fourth-order valence-corrected chi connectivity index (χ4v) is 2.29. The number of amides is 1. The third-order valence-corrected chi connectivity index (χ3v) is 3.28. The molecule has 0 aliphatic heterocycles. The molecule has 108 valence electrons. The summed E-state index contributed by atoms with van der Waals surface area (Å²) in [7, 11) is 0. The molecule has 0 aromatic carbocycles. The van der Waals surface area contributed by atoms with Gasteiger partial charge in [-0.15, -0.1) is 0 Å². The van der Waals surface area contributed by atoms with Gasteiger partial charge in [-0.1, -0.05) is 13.3 Å². The van der Waals surface area contributed by atoms with Crippen LogP contribution in [0.1, 0.15) is 41.5 Å². The van der Waals surface area contributed by atoms with Gasteiger partial charge in [0.2, 0.25) is 0 Å². The number of rotatable bonds is 5. The molecule has 1 amide bonds. The summed E-state index contributed by atoms with van der Waals surface area (Å²) in [6.07, 6.45) is 3.41. The van der Waals surface area contributed by atoms with Gasteiger partial charge in [-0.2, -0.15) is 5.10 Å². The van der Waals surface area contributed by atoms with Crippen LogP contribution in [0.4, 0.5) is 0 Å². The van der Waals surface area contributed by atoms with E-state index in [0.29, 0.717) is 17.8 Å². The summed E-state index contributed by atoms with van der Waals surface area (Å²) in [4.78, 5) is 16.7. The Morgan fingerprint density at radius 3 is 2.90 bits per heavy atom. The van der Waals surface area contributed by atoms with Crippen LogP contribution >= 0.6 is 0 Å². The zero-order valence-corrected chi connectivity index (χ0v) is 12.2. The Morgan fingerprint density at radius 2 is 2.25 bits per heavy atom. The van der Waals surface area contributed by atoms with Gasteiger partial charge < -0.3 is 11.1 Å². The van der Waals surface area contributed by atoms with Crippen molar-refractivity contribution >= 4 is 11.6 Å². The lowest BCUT2D eigenvalue weighted by Gasteiger charge is -2.15. The van der Waals surface area contributed by atoms with Crippen LogP contribution in [-0.2, 0) is 0 Å². The summed E-state index contributed by atoms with van der Waals surface area (Å²) in [6.45, 7) is 6.35. The lowest BCUT2D eigenvalue weighted by atomic mass is 10.1. The molecule has 2 aromatic rings. The molecule has 2 rings (SSSR count). The molecule has 0 saturated heterocycles. The molecule has 2 heterocycles. The van der Waals surface area contributed by atoms with Crippen molar-refractivity contribution in [1.82, 2.24) is 19.9 Å². The van der Waals surface area contributed by atoms with Crippen molar-refractivity contribution in [2.75, 3.05) is 6.54 Å². The van der Waals surface area contributed by atoms with E-state index in [4.69, 9.17) is 5.73 Å². The Bertz CT molecular complexity index is 619. The van der Waals surface area contributed by atoms with Crippen molar-refractivity contribution in [1.29, 1.82) is 0 Å². The van der Waals surface area contributed by atoms with E-state index < -0.39 is 0 Å². The molecule has 0 spiro atoms. The lowest BCUT2D eigenvalue weighted by Crippen LogP contribution is -2.40. The van der Waals surface area contributed by atoms with Gasteiger partial charge in [0.05, 0.1) is 6.20 Å². The van der Waals surface area contributed by atoms with Crippen LogP contribution < -0.4 is 11.1 Å². The fraction of sp³-hybridized carbons (Fsp3) is 0.500. The van der Waals surface area contributed by atoms with Crippen LogP contribution in [0.5, 0.6) is 0 Å². The molecule has 1 atom stereocenters. The predicted molar refractivity (Wildman–Crippen MR) is 77.7 cm³/mol. The van der Waals surface area contributed by atoms with Gasteiger partial charge in [0, 0.05) is 24.0 Å². The topological polar surface area (TPSA) is 85.3 Å². The van der Waals surface area contributed by atoms with E-state index in [1.807, 2.05) is 19.9 Å². The fourth-order valence-electron chi connectivity index (χ4n) is 2.29. The zero-order valence-electron chi connectivity index (χ0n) is 12.2. The molecule has 20 heavy (non-hydrogen) atoms. The van der Waals surface area contributed by atoms with Gasteiger partial charge in [-0.3, -0.25) is 4.79 Å². The zero-order chi connectivity index (χ0) is 14.7. The minimum absolute atomic E-state index is 0.00615. The standard InChI is InChI=1S/C14H21N5O/c1-4-5-11(7-15)18-14(20)12-8-16-19-10(3)6-9(2)17-13(12)19/h6,8,11H,4-5,7,15H2,1-3H3,(H,18,20). The number of nitrogens with zero attached hydrogens (tertiary/aromatic N) is 3. The Labute approximate surface area is 118 Å². The van der Waals surface area contributed by atoms with Crippen molar-refractivity contribution in [3.63, 3.8) is 0 Å². The summed E-state index contributed by atoms with van der Waals surface area (Å²) in [5, 5.41) is 7.17. The van der Waals surface area contributed by atoms with Crippen molar-refractivity contribution in [3.8, 4) is 0 Å². The van der Waals surface area contributed by atoms with Gasteiger partial charge in [0.15, 0.2) is 5.65 Å². The number of fused-ring (bicyclic) bond motifs is 1. The number of hydrogen-bond donors (Lipinski definition) is 2. The SMILES string of the molecule is CCCC(CN)NC(=O)c1cnn2c(C)cc(C)nc12. The number of carbonyl (C=O) groups excluding carboxylic acids is 1. The molecule has 0 radical (unpaired) electrons. The van der Waals surface area contributed by atoms with Crippen molar-refractivity contribution in [2.45, 2.75) is 39.7 Å². The molecule has 0 saturated carbocycles. The first-order valence-corrected chi connectivity index (χ1v) is 6.89. The highest BCUT2D eigenvalue weighted by atomic mass is 16.1. The third-order valence-electron chi connectivity index (χ3n) is 3.28. The van der Waals surface area contributed by atoms with Crippen LogP contribution in [0.3, 0.4) is 0 Å². The second-order valence-electron chi connectivity index (χ2n) is 5.03. The number of nitrogens with two attached hydrogens (primary N) is 1. The monoisotopic (exact) mass is 275 g/mol. The molecule has 6 nitrogen and oxygen atoms in total. The summed E-state index contributed by atoms with van der Waals surface area (Å²) in [6, 6.07) is 1.93. The normalized spacial score (nSPS) is 12.6. The molecule has 0 fully saturated rings. The smallest absolute Gasteiger partial charge is 0.257 e. The summed E-state index contributed by atoms with van der Waals surface area (Å²) in [5.41, 5.74) is 8.58. The second-order valence-corrected chi connectivity index (χ2v) is 5.03. The average Bonchev–Trinajstić information content (AvgIpc) is 2.82. The first-order chi connectivity index (χ1) is 9.56.